The molecule has 0 bridgehead atoms. The number of ether oxygens (including phenoxy) is 5. The van der Waals surface area contributed by atoms with Gasteiger partial charge in [-0.25, -0.2) is 0 Å². The minimum atomic E-state index is -0.869. The Balaban J connectivity index is 2.25. The van der Waals surface area contributed by atoms with Crippen LogP contribution < -0.4 is 0 Å². The van der Waals surface area contributed by atoms with Gasteiger partial charge in [0.05, 0.1) is 0 Å². The fraction of sp³-hybridized carbons (Fsp3) is 0.893. The van der Waals surface area contributed by atoms with Gasteiger partial charge in [0.15, 0.2) is 12.4 Å². The molecular weight excluding hydrogens is 464 g/mol. The van der Waals surface area contributed by atoms with E-state index in [9.17, 15) is 14.4 Å². The van der Waals surface area contributed by atoms with E-state index in [2.05, 4.69) is 6.92 Å². The van der Waals surface area contributed by atoms with Crippen LogP contribution in [0, 0.1) is 0 Å². The molecule has 0 radical (unpaired) electrons. The average Bonchev–Trinajstić information content (AvgIpc) is 2.81. The van der Waals surface area contributed by atoms with Gasteiger partial charge in [0.25, 0.3) is 0 Å². The third kappa shape index (κ3) is 16.1. The molecule has 1 aliphatic rings. The van der Waals surface area contributed by atoms with Crippen LogP contribution in [0.3, 0.4) is 0 Å². The fourth-order valence-electron chi connectivity index (χ4n) is 4.52. The van der Waals surface area contributed by atoms with Crippen LogP contribution in [0.15, 0.2) is 0 Å². The van der Waals surface area contributed by atoms with E-state index < -0.39 is 42.5 Å². The van der Waals surface area contributed by atoms with Crippen molar-refractivity contribution in [1.82, 2.24) is 0 Å². The van der Waals surface area contributed by atoms with Crippen LogP contribution in [0.2, 0.25) is 0 Å². The molecule has 1 aliphatic heterocycles. The molecule has 0 saturated carbocycles. The fourth-order valence-corrected chi connectivity index (χ4v) is 4.52. The predicted molar refractivity (Wildman–Crippen MR) is 137 cm³/mol. The summed E-state index contributed by atoms with van der Waals surface area (Å²) in [5.74, 6) is -1.50. The van der Waals surface area contributed by atoms with Gasteiger partial charge < -0.3 is 23.7 Å². The monoisotopic (exact) mass is 514 g/mol. The van der Waals surface area contributed by atoms with Gasteiger partial charge in [0.1, 0.15) is 18.8 Å². The lowest BCUT2D eigenvalue weighted by Gasteiger charge is -2.39. The number of carbonyl (C=O) groups is 3. The number of esters is 3. The van der Waals surface area contributed by atoms with E-state index >= 15 is 0 Å². The largest absolute Gasteiger partial charge is 0.463 e. The zero-order valence-corrected chi connectivity index (χ0v) is 23.1. The highest BCUT2D eigenvalue weighted by atomic mass is 16.7. The summed E-state index contributed by atoms with van der Waals surface area (Å²) in [5, 5.41) is 0. The summed E-state index contributed by atoms with van der Waals surface area (Å²) in [4.78, 5) is 34.5. The first kappa shape index (κ1) is 32.4. The molecule has 1 heterocycles. The molecule has 0 amide bonds. The quantitative estimate of drug-likeness (QED) is 0.110. The summed E-state index contributed by atoms with van der Waals surface area (Å²) >= 11 is 0. The maximum absolute atomic E-state index is 11.6. The molecule has 0 aromatic heterocycles. The molecule has 0 aliphatic carbocycles. The van der Waals surface area contributed by atoms with Crippen LogP contribution in [0.5, 0.6) is 0 Å². The predicted octanol–water partition coefficient (Wildman–Crippen LogP) is 6.03. The maximum atomic E-state index is 11.6. The normalized spacial score (nSPS) is 21.7. The summed E-state index contributed by atoms with van der Waals surface area (Å²) in [6.07, 6.45) is 15.2. The van der Waals surface area contributed by atoms with Crippen molar-refractivity contribution in [3.05, 3.63) is 0 Å². The number of rotatable bonds is 20. The Kier molecular flexibility index (Phi) is 18.3. The molecule has 1 saturated heterocycles. The first-order valence-corrected chi connectivity index (χ1v) is 14.1. The van der Waals surface area contributed by atoms with Crippen molar-refractivity contribution in [3.8, 4) is 0 Å². The first-order valence-electron chi connectivity index (χ1n) is 14.1. The number of unbranched alkanes of at least 4 members (excludes halogenated alkanes) is 13. The topological polar surface area (TPSA) is 97.4 Å². The van der Waals surface area contributed by atoms with E-state index in [1.54, 1.807) is 0 Å². The third-order valence-electron chi connectivity index (χ3n) is 6.36. The molecule has 210 valence electrons. The Labute approximate surface area is 218 Å². The van der Waals surface area contributed by atoms with E-state index in [4.69, 9.17) is 23.7 Å². The second-order valence-corrected chi connectivity index (χ2v) is 9.83. The Morgan fingerprint density at radius 2 is 1.19 bits per heavy atom. The lowest BCUT2D eigenvalue weighted by Crippen LogP contribution is -2.54. The van der Waals surface area contributed by atoms with E-state index in [-0.39, 0.29) is 13.0 Å². The maximum Gasteiger partial charge on any atom is 0.303 e. The lowest BCUT2D eigenvalue weighted by atomic mass is 10.0. The van der Waals surface area contributed by atoms with Gasteiger partial charge in [-0.1, -0.05) is 90.4 Å². The van der Waals surface area contributed by atoms with E-state index in [1.807, 2.05) is 0 Å². The molecule has 0 aromatic rings. The van der Waals surface area contributed by atoms with Crippen LogP contribution in [-0.2, 0) is 38.1 Å². The van der Waals surface area contributed by atoms with Crippen molar-refractivity contribution < 1.29 is 38.1 Å². The van der Waals surface area contributed by atoms with Crippen molar-refractivity contribution in [2.45, 2.75) is 149 Å². The van der Waals surface area contributed by atoms with E-state index in [1.165, 1.54) is 97.8 Å². The highest BCUT2D eigenvalue weighted by Crippen LogP contribution is 2.27. The minimum Gasteiger partial charge on any atom is -0.463 e. The molecule has 0 N–H and O–H groups in total. The van der Waals surface area contributed by atoms with E-state index in [0.717, 1.165) is 12.8 Å². The molecular formula is C28H50O8. The summed E-state index contributed by atoms with van der Waals surface area (Å²) in [5.41, 5.74) is 0. The summed E-state index contributed by atoms with van der Waals surface area (Å²) in [7, 11) is 0. The standard InChI is InChI=1S/C28H50O8/c1-5-6-7-8-9-10-11-12-13-14-15-16-17-18-19-32-27-20-25(34-23(3)30)28(35-24(4)31)26(36-27)21-33-22(2)29/h25-28H,5-21H2,1-4H3/t25-,26-,27+,28-/m1/s1. The summed E-state index contributed by atoms with van der Waals surface area (Å²) < 4.78 is 27.6. The molecule has 1 fully saturated rings. The Hall–Kier alpha value is -1.67. The second kappa shape index (κ2) is 20.4. The summed E-state index contributed by atoms with van der Waals surface area (Å²) in [6, 6.07) is 0. The number of hydrogen-bond donors (Lipinski definition) is 0. The van der Waals surface area contributed by atoms with Crippen molar-refractivity contribution in [1.29, 1.82) is 0 Å². The highest BCUT2D eigenvalue weighted by molar-refractivity contribution is 5.67. The van der Waals surface area contributed by atoms with Crippen LogP contribution in [-0.4, -0.2) is 55.7 Å². The van der Waals surface area contributed by atoms with Crippen molar-refractivity contribution in [2.24, 2.45) is 0 Å². The molecule has 0 unspecified atom stereocenters. The SMILES string of the molecule is CCCCCCCCCCCCCCCCO[C@@H]1C[C@@H](OC(C)=O)[C@@H](OC(C)=O)[C@@H](COC(C)=O)O1. The zero-order valence-electron chi connectivity index (χ0n) is 23.1. The second-order valence-electron chi connectivity index (χ2n) is 9.83. The van der Waals surface area contributed by atoms with Crippen LogP contribution in [0.4, 0.5) is 0 Å². The smallest absolute Gasteiger partial charge is 0.303 e. The number of carbonyl (C=O) groups excluding carboxylic acids is 3. The first-order chi connectivity index (χ1) is 17.3. The highest BCUT2D eigenvalue weighted by Gasteiger charge is 2.44. The third-order valence-corrected chi connectivity index (χ3v) is 6.36. The van der Waals surface area contributed by atoms with Gasteiger partial charge in [-0.15, -0.1) is 0 Å². The molecule has 0 spiro atoms. The lowest BCUT2D eigenvalue weighted by molar-refractivity contribution is -0.266. The van der Waals surface area contributed by atoms with Gasteiger partial charge in [0, 0.05) is 33.8 Å². The van der Waals surface area contributed by atoms with Gasteiger partial charge in [-0.3, -0.25) is 14.4 Å². The number of hydrogen-bond acceptors (Lipinski definition) is 8. The van der Waals surface area contributed by atoms with Crippen molar-refractivity contribution in [2.75, 3.05) is 13.2 Å². The van der Waals surface area contributed by atoms with Crippen molar-refractivity contribution in [3.63, 3.8) is 0 Å². The van der Waals surface area contributed by atoms with Gasteiger partial charge >= 0.3 is 17.9 Å². The molecule has 36 heavy (non-hydrogen) atoms. The van der Waals surface area contributed by atoms with Crippen LogP contribution >= 0.6 is 0 Å². The zero-order chi connectivity index (χ0) is 26.6. The van der Waals surface area contributed by atoms with E-state index in [0.29, 0.717) is 6.61 Å². The molecule has 8 heteroatoms. The minimum absolute atomic E-state index is 0.121. The van der Waals surface area contributed by atoms with Crippen LogP contribution in [0.1, 0.15) is 124 Å². The Morgan fingerprint density at radius 1 is 0.694 bits per heavy atom. The van der Waals surface area contributed by atoms with Gasteiger partial charge in [0.2, 0.25) is 0 Å². The molecule has 8 nitrogen and oxygen atoms in total. The average molecular weight is 515 g/mol. The summed E-state index contributed by atoms with van der Waals surface area (Å²) in [6.45, 7) is 6.51. The molecule has 4 atom stereocenters. The Bertz CT molecular complexity index is 608. The van der Waals surface area contributed by atoms with Crippen LogP contribution in [0.25, 0.3) is 0 Å². The van der Waals surface area contributed by atoms with Gasteiger partial charge in [-0.2, -0.15) is 0 Å². The molecule has 0 aromatic carbocycles. The Morgan fingerprint density at radius 3 is 1.67 bits per heavy atom. The van der Waals surface area contributed by atoms with Gasteiger partial charge in [-0.05, 0) is 6.42 Å². The van der Waals surface area contributed by atoms with Crippen molar-refractivity contribution >= 4 is 17.9 Å². The molecule has 1 rings (SSSR count).